The Morgan fingerprint density at radius 1 is 1.04 bits per heavy atom. The predicted octanol–water partition coefficient (Wildman–Crippen LogP) is 2.16. The maximum absolute atomic E-state index is 12.2. The number of nitrogens with two attached hydrogens (primary N) is 1. The van der Waals surface area contributed by atoms with Crippen LogP contribution in [0.25, 0.3) is 0 Å². The lowest BCUT2D eigenvalue weighted by molar-refractivity contribution is 0.569. The van der Waals surface area contributed by atoms with Gasteiger partial charge >= 0.3 is 0 Å². The number of nitrogens with one attached hydrogen (secondary N) is 2. The SMILES string of the molecule is CC(C)NS(=O)(=O)Cc1ccccc1CN=C(N)NCCc1ccccc1. The molecule has 27 heavy (non-hydrogen) atoms. The van der Waals surface area contributed by atoms with Crippen molar-refractivity contribution < 1.29 is 8.42 Å². The molecular weight excluding hydrogens is 360 g/mol. The fourth-order valence-electron chi connectivity index (χ4n) is 2.66. The van der Waals surface area contributed by atoms with Crippen molar-refractivity contribution in [1.29, 1.82) is 0 Å². The molecule has 2 aromatic rings. The number of hydrogen-bond acceptors (Lipinski definition) is 3. The molecule has 0 aliphatic rings. The Morgan fingerprint density at radius 3 is 2.33 bits per heavy atom. The summed E-state index contributed by atoms with van der Waals surface area (Å²) in [4.78, 5) is 4.35. The Labute approximate surface area is 162 Å². The lowest BCUT2D eigenvalue weighted by Gasteiger charge is -2.12. The quantitative estimate of drug-likeness (QED) is 0.453. The van der Waals surface area contributed by atoms with Crippen molar-refractivity contribution in [2.45, 2.75) is 38.6 Å². The Morgan fingerprint density at radius 2 is 1.67 bits per heavy atom. The fraction of sp³-hybridized carbons (Fsp3) is 0.350. The van der Waals surface area contributed by atoms with E-state index in [0.717, 1.165) is 17.5 Å². The van der Waals surface area contributed by atoms with E-state index in [1.54, 1.807) is 13.8 Å². The molecule has 0 aromatic heterocycles. The van der Waals surface area contributed by atoms with Crippen molar-refractivity contribution in [2.75, 3.05) is 6.54 Å². The van der Waals surface area contributed by atoms with E-state index >= 15 is 0 Å². The first-order valence-electron chi connectivity index (χ1n) is 9.00. The third-order valence-electron chi connectivity index (χ3n) is 3.86. The van der Waals surface area contributed by atoms with Gasteiger partial charge in [0.25, 0.3) is 0 Å². The Kier molecular flexibility index (Phi) is 7.82. The number of sulfonamides is 1. The summed E-state index contributed by atoms with van der Waals surface area (Å²) >= 11 is 0. The van der Waals surface area contributed by atoms with Crippen LogP contribution in [0.2, 0.25) is 0 Å². The van der Waals surface area contributed by atoms with Crippen LogP contribution in [0, 0.1) is 0 Å². The zero-order chi connectivity index (χ0) is 19.7. The molecule has 0 unspecified atom stereocenters. The fourth-order valence-corrected chi connectivity index (χ4v) is 4.16. The van der Waals surface area contributed by atoms with Gasteiger partial charge in [0, 0.05) is 12.6 Å². The molecule has 0 bridgehead atoms. The van der Waals surface area contributed by atoms with Gasteiger partial charge in [-0.25, -0.2) is 18.1 Å². The summed E-state index contributed by atoms with van der Waals surface area (Å²) in [6.07, 6.45) is 0.854. The van der Waals surface area contributed by atoms with E-state index in [1.165, 1.54) is 5.56 Å². The zero-order valence-corrected chi connectivity index (χ0v) is 16.7. The predicted molar refractivity (Wildman–Crippen MR) is 111 cm³/mol. The first-order valence-corrected chi connectivity index (χ1v) is 10.7. The molecule has 0 radical (unpaired) electrons. The van der Waals surface area contributed by atoms with Crippen LogP contribution in [0.5, 0.6) is 0 Å². The van der Waals surface area contributed by atoms with E-state index in [4.69, 9.17) is 5.73 Å². The molecule has 2 aromatic carbocycles. The van der Waals surface area contributed by atoms with Crippen LogP contribution in [-0.4, -0.2) is 27.0 Å². The van der Waals surface area contributed by atoms with Crippen LogP contribution < -0.4 is 15.8 Å². The first kappa shape index (κ1) is 20.9. The topological polar surface area (TPSA) is 96.6 Å². The molecule has 0 spiro atoms. The van der Waals surface area contributed by atoms with Gasteiger partial charge in [-0.15, -0.1) is 0 Å². The maximum atomic E-state index is 12.2. The molecule has 0 heterocycles. The van der Waals surface area contributed by atoms with Crippen LogP contribution in [0.1, 0.15) is 30.5 Å². The lowest BCUT2D eigenvalue weighted by Crippen LogP contribution is -2.33. The second kappa shape index (κ2) is 10.1. The molecule has 0 aliphatic carbocycles. The molecule has 6 nitrogen and oxygen atoms in total. The number of benzene rings is 2. The molecule has 7 heteroatoms. The van der Waals surface area contributed by atoms with Gasteiger partial charge in [0.1, 0.15) is 0 Å². The second-order valence-electron chi connectivity index (χ2n) is 6.66. The highest BCUT2D eigenvalue weighted by Gasteiger charge is 2.15. The molecule has 146 valence electrons. The molecular formula is C20H28N4O2S. The standard InChI is InChI=1S/C20H28N4O2S/c1-16(2)24-27(25,26)15-19-11-7-6-10-18(19)14-23-20(21)22-13-12-17-8-4-3-5-9-17/h3-11,16,24H,12-15H2,1-2H3,(H3,21,22,23). The second-order valence-corrected chi connectivity index (χ2v) is 8.42. The molecule has 0 saturated carbocycles. The van der Waals surface area contributed by atoms with E-state index in [1.807, 2.05) is 42.5 Å². The van der Waals surface area contributed by atoms with Gasteiger partial charge in [0.2, 0.25) is 10.0 Å². The average molecular weight is 389 g/mol. The van der Waals surface area contributed by atoms with Crippen molar-refractivity contribution in [1.82, 2.24) is 10.0 Å². The van der Waals surface area contributed by atoms with Gasteiger partial charge in [0.15, 0.2) is 5.96 Å². The summed E-state index contributed by atoms with van der Waals surface area (Å²) in [5, 5.41) is 3.09. The van der Waals surface area contributed by atoms with Crippen LogP contribution in [0.4, 0.5) is 0 Å². The minimum absolute atomic E-state index is 0.0712. The van der Waals surface area contributed by atoms with Gasteiger partial charge in [-0.2, -0.15) is 0 Å². The third-order valence-corrected chi connectivity index (χ3v) is 5.38. The third kappa shape index (κ3) is 7.80. The molecule has 2 rings (SSSR count). The highest BCUT2D eigenvalue weighted by molar-refractivity contribution is 7.88. The smallest absolute Gasteiger partial charge is 0.216 e. The summed E-state index contributed by atoms with van der Waals surface area (Å²) in [7, 11) is -3.39. The minimum atomic E-state index is -3.39. The van der Waals surface area contributed by atoms with E-state index in [0.29, 0.717) is 19.0 Å². The van der Waals surface area contributed by atoms with Gasteiger partial charge < -0.3 is 11.1 Å². The molecule has 4 N–H and O–H groups in total. The molecule has 0 amide bonds. The minimum Gasteiger partial charge on any atom is -0.370 e. The number of hydrogen-bond donors (Lipinski definition) is 3. The summed E-state index contributed by atoms with van der Waals surface area (Å²) in [6.45, 7) is 4.62. The summed E-state index contributed by atoms with van der Waals surface area (Å²) in [5.74, 6) is 0.280. The molecule has 0 aliphatic heterocycles. The summed E-state index contributed by atoms with van der Waals surface area (Å²) in [6, 6.07) is 17.4. The Hall–Kier alpha value is -2.38. The molecule has 0 saturated heterocycles. The van der Waals surface area contributed by atoms with Crippen molar-refractivity contribution in [3.63, 3.8) is 0 Å². The highest BCUT2D eigenvalue weighted by Crippen LogP contribution is 2.13. The molecule has 0 fully saturated rings. The van der Waals surface area contributed by atoms with Crippen LogP contribution in [0.15, 0.2) is 59.6 Å². The van der Waals surface area contributed by atoms with Crippen molar-refractivity contribution in [2.24, 2.45) is 10.7 Å². The number of guanidine groups is 1. The van der Waals surface area contributed by atoms with Crippen molar-refractivity contribution >= 4 is 16.0 Å². The van der Waals surface area contributed by atoms with Crippen LogP contribution >= 0.6 is 0 Å². The van der Waals surface area contributed by atoms with Gasteiger partial charge in [-0.1, -0.05) is 54.6 Å². The first-order chi connectivity index (χ1) is 12.9. The van der Waals surface area contributed by atoms with Gasteiger partial charge in [-0.3, -0.25) is 0 Å². The van der Waals surface area contributed by atoms with E-state index in [-0.39, 0.29) is 11.8 Å². The molecule has 0 atom stereocenters. The van der Waals surface area contributed by atoms with Crippen LogP contribution in [-0.2, 0) is 28.7 Å². The Bertz CT molecular complexity index is 849. The number of rotatable bonds is 9. The van der Waals surface area contributed by atoms with Gasteiger partial charge in [0.05, 0.1) is 12.3 Å². The lowest BCUT2D eigenvalue weighted by atomic mass is 10.1. The van der Waals surface area contributed by atoms with E-state index in [2.05, 4.69) is 27.2 Å². The largest absolute Gasteiger partial charge is 0.370 e. The number of aliphatic imine (C=N–C) groups is 1. The van der Waals surface area contributed by atoms with Crippen molar-refractivity contribution in [3.05, 3.63) is 71.3 Å². The monoisotopic (exact) mass is 388 g/mol. The average Bonchev–Trinajstić information content (AvgIpc) is 2.60. The van der Waals surface area contributed by atoms with Gasteiger partial charge in [-0.05, 0) is 37.0 Å². The summed E-state index contributed by atoms with van der Waals surface area (Å²) in [5.41, 5.74) is 8.74. The van der Waals surface area contributed by atoms with Crippen LogP contribution in [0.3, 0.4) is 0 Å². The number of nitrogens with zero attached hydrogens (tertiary/aromatic N) is 1. The Balaban J connectivity index is 1.93. The summed E-state index contributed by atoms with van der Waals surface area (Å²) < 4.78 is 27.0. The van der Waals surface area contributed by atoms with E-state index < -0.39 is 10.0 Å². The van der Waals surface area contributed by atoms with Crippen molar-refractivity contribution in [3.8, 4) is 0 Å². The maximum Gasteiger partial charge on any atom is 0.216 e. The normalized spacial score (nSPS) is 12.3. The van der Waals surface area contributed by atoms with E-state index in [9.17, 15) is 8.42 Å². The zero-order valence-electron chi connectivity index (χ0n) is 15.9. The highest BCUT2D eigenvalue weighted by atomic mass is 32.2.